The molecule has 2 fully saturated rings. The molecule has 2 saturated heterocycles. The van der Waals surface area contributed by atoms with Crippen LogP contribution in [0.2, 0.25) is 0 Å². The molecule has 3 heterocycles. The number of halogens is 1. The fourth-order valence-electron chi connectivity index (χ4n) is 3.59. The minimum atomic E-state index is -0.160. The highest BCUT2D eigenvalue weighted by atomic mass is 79.9. The number of nitrogens with two attached hydrogens (primary N) is 1. The Kier molecular flexibility index (Phi) is 4.45. The molecule has 21 heavy (non-hydrogen) atoms. The summed E-state index contributed by atoms with van der Waals surface area (Å²) < 4.78 is 1.04. The van der Waals surface area contributed by atoms with E-state index in [0.29, 0.717) is 6.04 Å². The summed E-state index contributed by atoms with van der Waals surface area (Å²) in [5.41, 5.74) is 6.73. The lowest BCUT2D eigenvalue weighted by molar-refractivity contribution is -0.123. The summed E-state index contributed by atoms with van der Waals surface area (Å²) in [4.78, 5) is 20.4. The average Bonchev–Trinajstić information content (AvgIpc) is 2.98. The summed E-state index contributed by atoms with van der Waals surface area (Å²) in [7, 11) is 0. The summed E-state index contributed by atoms with van der Waals surface area (Å²) >= 11 is 3.57. The molecule has 0 aromatic carbocycles. The van der Waals surface area contributed by atoms with Crippen LogP contribution in [-0.2, 0) is 4.79 Å². The third kappa shape index (κ3) is 3.06. The zero-order valence-corrected chi connectivity index (χ0v) is 13.6. The number of primary amides is 1. The lowest BCUT2D eigenvalue weighted by Crippen LogP contribution is -2.50. The molecule has 6 heteroatoms. The number of piperidine rings is 1. The van der Waals surface area contributed by atoms with E-state index in [0.717, 1.165) is 49.8 Å². The third-order valence-electron chi connectivity index (χ3n) is 4.65. The SMILES string of the molecule is NC(=O)C1CCCN1C1CCN(c2ccncc2Br)CC1. The maximum atomic E-state index is 11.5. The van der Waals surface area contributed by atoms with Gasteiger partial charge in [-0.25, -0.2) is 0 Å². The van der Waals surface area contributed by atoms with Gasteiger partial charge in [-0.3, -0.25) is 14.7 Å². The molecule has 1 amide bonds. The predicted octanol–water partition coefficient (Wildman–Crippen LogP) is 1.76. The number of hydrogen-bond donors (Lipinski definition) is 1. The number of amides is 1. The minimum Gasteiger partial charge on any atom is -0.370 e. The van der Waals surface area contributed by atoms with E-state index in [4.69, 9.17) is 5.73 Å². The fraction of sp³-hybridized carbons (Fsp3) is 0.600. The Morgan fingerprint density at radius 2 is 2.05 bits per heavy atom. The molecule has 0 radical (unpaired) electrons. The van der Waals surface area contributed by atoms with E-state index in [1.165, 1.54) is 5.69 Å². The number of nitrogens with zero attached hydrogens (tertiary/aromatic N) is 3. The number of pyridine rings is 1. The molecule has 1 atom stereocenters. The highest BCUT2D eigenvalue weighted by molar-refractivity contribution is 9.10. The van der Waals surface area contributed by atoms with Gasteiger partial charge >= 0.3 is 0 Å². The molecule has 2 aliphatic heterocycles. The van der Waals surface area contributed by atoms with E-state index in [9.17, 15) is 4.79 Å². The van der Waals surface area contributed by atoms with Crippen molar-refractivity contribution in [2.24, 2.45) is 5.73 Å². The molecule has 3 rings (SSSR count). The topological polar surface area (TPSA) is 62.5 Å². The van der Waals surface area contributed by atoms with Gasteiger partial charge in [0.2, 0.25) is 5.91 Å². The second kappa shape index (κ2) is 6.32. The minimum absolute atomic E-state index is 0.0470. The van der Waals surface area contributed by atoms with Crippen molar-refractivity contribution in [3.63, 3.8) is 0 Å². The summed E-state index contributed by atoms with van der Waals surface area (Å²) in [5, 5.41) is 0. The van der Waals surface area contributed by atoms with Gasteiger partial charge in [0, 0.05) is 31.5 Å². The summed E-state index contributed by atoms with van der Waals surface area (Å²) in [5.74, 6) is -0.160. The van der Waals surface area contributed by atoms with E-state index < -0.39 is 0 Å². The van der Waals surface area contributed by atoms with Crippen molar-refractivity contribution in [3.05, 3.63) is 22.9 Å². The van der Waals surface area contributed by atoms with Crippen molar-refractivity contribution < 1.29 is 4.79 Å². The zero-order chi connectivity index (χ0) is 14.8. The molecular weight excluding hydrogens is 332 g/mol. The smallest absolute Gasteiger partial charge is 0.234 e. The molecular formula is C15H21BrN4O. The Morgan fingerprint density at radius 3 is 2.71 bits per heavy atom. The van der Waals surface area contributed by atoms with E-state index in [1.807, 2.05) is 18.5 Å². The number of hydrogen-bond acceptors (Lipinski definition) is 4. The van der Waals surface area contributed by atoms with Crippen molar-refractivity contribution >= 4 is 27.5 Å². The molecule has 0 bridgehead atoms. The molecule has 0 aliphatic carbocycles. The number of carbonyl (C=O) groups excluding carboxylic acids is 1. The second-order valence-electron chi connectivity index (χ2n) is 5.84. The van der Waals surface area contributed by atoms with E-state index in [-0.39, 0.29) is 11.9 Å². The first-order chi connectivity index (χ1) is 10.2. The zero-order valence-electron chi connectivity index (χ0n) is 12.0. The number of rotatable bonds is 3. The van der Waals surface area contributed by atoms with Gasteiger partial charge in [-0.2, -0.15) is 0 Å². The molecule has 114 valence electrons. The van der Waals surface area contributed by atoms with Crippen LogP contribution in [0.25, 0.3) is 0 Å². The number of carbonyl (C=O) groups is 1. The van der Waals surface area contributed by atoms with Crippen LogP contribution in [0, 0.1) is 0 Å². The number of likely N-dealkylation sites (tertiary alicyclic amines) is 1. The third-order valence-corrected chi connectivity index (χ3v) is 5.26. The van der Waals surface area contributed by atoms with Gasteiger partial charge in [-0.15, -0.1) is 0 Å². The van der Waals surface area contributed by atoms with Crippen LogP contribution in [-0.4, -0.2) is 47.5 Å². The Bertz CT molecular complexity index is 516. The molecule has 2 aliphatic rings. The van der Waals surface area contributed by atoms with Crippen molar-refractivity contribution in [2.75, 3.05) is 24.5 Å². The van der Waals surface area contributed by atoms with Crippen LogP contribution >= 0.6 is 15.9 Å². The van der Waals surface area contributed by atoms with Crippen LogP contribution in [0.5, 0.6) is 0 Å². The van der Waals surface area contributed by atoms with Crippen molar-refractivity contribution in [1.29, 1.82) is 0 Å². The normalized spacial score (nSPS) is 24.4. The van der Waals surface area contributed by atoms with Crippen LogP contribution in [0.15, 0.2) is 22.9 Å². The van der Waals surface area contributed by atoms with Crippen molar-refractivity contribution in [3.8, 4) is 0 Å². The van der Waals surface area contributed by atoms with E-state index in [1.54, 1.807) is 0 Å². The highest BCUT2D eigenvalue weighted by Gasteiger charge is 2.35. The molecule has 1 aromatic heterocycles. The van der Waals surface area contributed by atoms with E-state index >= 15 is 0 Å². The Hall–Kier alpha value is -1.14. The molecule has 0 spiro atoms. The number of anilines is 1. The molecule has 1 unspecified atom stereocenters. The van der Waals surface area contributed by atoms with Crippen molar-refractivity contribution in [1.82, 2.24) is 9.88 Å². The molecule has 5 nitrogen and oxygen atoms in total. The van der Waals surface area contributed by atoms with Gasteiger partial charge < -0.3 is 10.6 Å². The number of aromatic nitrogens is 1. The van der Waals surface area contributed by atoms with Crippen LogP contribution in [0.3, 0.4) is 0 Å². The van der Waals surface area contributed by atoms with Gasteiger partial charge in [0.15, 0.2) is 0 Å². The van der Waals surface area contributed by atoms with Crippen LogP contribution < -0.4 is 10.6 Å². The predicted molar refractivity (Wildman–Crippen MR) is 86.1 cm³/mol. The maximum absolute atomic E-state index is 11.5. The van der Waals surface area contributed by atoms with Gasteiger partial charge in [0.25, 0.3) is 0 Å². The second-order valence-corrected chi connectivity index (χ2v) is 6.70. The average molecular weight is 353 g/mol. The lowest BCUT2D eigenvalue weighted by atomic mass is 10.0. The molecule has 0 saturated carbocycles. The Morgan fingerprint density at radius 1 is 1.29 bits per heavy atom. The summed E-state index contributed by atoms with van der Waals surface area (Å²) in [6.07, 6.45) is 7.84. The fourth-order valence-corrected chi connectivity index (χ4v) is 4.10. The first-order valence-electron chi connectivity index (χ1n) is 7.56. The van der Waals surface area contributed by atoms with Crippen LogP contribution in [0.1, 0.15) is 25.7 Å². The highest BCUT2D eigenvalue weighted by Crippen LogP contribution is 2.30. The first-order valence-corrected chi connectivity index (χ1v) is 8.35. The summed E-state index contributed by atoms with van der Waals surface area (Å²) in [6.45, 7) is 3.03. The van der Waals surface area contributed by atoms with Crippen molar-refractivity contribution in [2.45, 2.75) is 37.8 Å². The van der Waals surface area contributed by atoms with Gasteiger partial charge in [0.05, 0.1) is 16.2 Å². The van der Waals surface area contributed by atoms with E-state index in [2.05, 4.69) is 30.7 Å². The van der Waals surface area contributed by atoms with Gasteiger partial charge in [-0.05, 0) is 54.2 Å². The largest absolute Gasteiger partial charge is 0.370 e. The molecule has 1 aromatic rings. The Balaban J connectivity index is 1.63. The maximum Gasteiger partial charge on any atom is 0.234 e. The van der Waals surface area contributed by atoms with Gasteiger partial charge in [-0.1, -0.05) is 0 Å². The summed E-state index contributed by atoms with van der Waals surface area (Å²) in [6, 6.07) is 2.49. The van der Waals surface area contributed by atoms with Crippen LogP contribution in [0.4, 0.5) is 5.69 Å². The monoisotopic (exact) mass is 352 g/mol. The lowest BCUT2D eigenvalue weighted by Gasteiger charge is -2.39. The van der Waals surface area contributed by atoms with Gasteiger partial charge in [0.1, 0.15) is 0 Å². The standard InChI is InChI=1S/C15H21BrN4O/c16-12-10-18-6-3-13(12)19-8-4-11(5-9-19)20-7-1-2-14(20)15(17)21/h3,6,10-11,14H,1-2,4-5,7-9H2,(H2,17,21). The molecule has 2 N–H and O–H groups in total. The Labute approximate surface area is 133 Å². The first kappa shape index (κ1) is 14.8. The quantitative estimate of drug-likeness (QED) is 0.900.